The highest BCUT2D eigenvalue weighted by Gasteiger charge is 2.37. The van der Waals surface area contributed by atoms with Crippen molar-refractivity contribution in [3.8, 4) is 0 Å². The summed E-state index contributed by atoms with van der Waals surface area (Å²) in [6.45, 7) is 7.71. The van der Waals surface area contributed by atoms with Crippen LogP contribution in [0.25, 0.3) is 0 Å². The van der Waals surface area contributed by atoms with Crippen LogP contribution in [0.2, 0.25) is 0 Å². The van der Waals surface area contributed by atoms with Gasteiger partial charge >= 0.3 is 0 Å². The van der Waals surface area contributed by atoms with Crippen LogP contribution < -0.4 is 0 Å². The van der Waals surface area contributed by atoms with Crippen molar-refractivity contribution in [2.24, 2.45) is 0 Å². The lowest BCUT2D eigenvalue weighted by Gasteiger charge is -2.35. The Kier molecular flexibility index (Phi) is 3.48. The number of aryl methyl sites for hydroxylation is 2. The van der Waals surface area contributed by atoms with E-state index >= 15 is 0 Å². The zero-order chi connectivity index (χ0) is 13.5. The second-order valence-electron chi connectivity index (χ2n) is 4.72. The second-order valence-corrected chi connectivity index (χ2v) is 6.55. The van der Waals surface area contributed by atoms with Crippen molar-refractivity contribution in [2.45, 2.75) is 44.7 Å². The molecule has 1 saturated heterocycles. The second kappa shape index (κ2) is 4.64. The van der Waals surface area contributed by atoms with E-state index in [1.54, 1.807) is 13.8 Å². The standard InChI is InChI=1S/C11H18N2O4S/c1-7-6-16-8(2)5-13(7)18(14,15)11-9(3)12-17-10(11)4/h7-8H,5-6H2,1-4H3/t7-,8+/m1/s1. The van der Waals surface area contributed by atoms with Crippen molar-refractivity contribution in [2.75, 3.05) is 13.2 Å². The lowest BCUT2D eigenvalue weighted by molar-refractivity contribution is -0.0171. The first-order valence-electron chi connectivity index (χ1n) is 5.90. The van der Waals surface area contributed by atoms with Gasteiger partial charge < -0.3 is 9.26 Å². The third-order valence-corrected chi connectivity index (χ3v) is 5.31. The number of rotatable bonds is 2. The van der Waals surface area contributed by atoms with Gasteiger partial charge in [0.25, 0.3) is 0 Å². The molecule has 2 atom stereocenters. The Morgan fingerprint density at radius 3 is 2.56 bits per heavy atom. The SMILES string of the molecule is Cc1noc(C)c1S(=O)(=O)N1C[C@H](C)OC[C@H]1C. The van der Waals surface area contributed by atoms with Gasteiger partial charge in [-0.15, -0.1) is 0 Å². The van der Waals surface area contributed by atoms with Gasteiger partial charge in [-0.05, 0) is 27.7 Å². The van der Waals surface area contributed by atoms with Crippen LogP contribution in [-0.2, 0) is 14.8 Å². The normalized spacial score (nSPS) is 26.4. The minimum absolute atomic E-state index is 0.101. The van der Waals surface area contributed by atoms with Crippen LogP contribution in [0.3, 0.4) is 0 Å². The smallest absolute Gasteiger partial charge is 0.248 e. The lowest BCUT2D eigenvalue weighted by Crippen LogP contribution is -2.50. The average molecular weight is 274 g/mol. The zero-order valence-corrected chi connectivity index (χ0v) is 11.8. The number of morpholine rings is 1. The minimum Gasteiger partial charge on any atom is -0.375 e. The molecule has 102 valence electrons. The van der Waals surface area contributed by atoms with Crippen molar-refractivity contribution in [1.29, 1.82) is 0 Å². The fourth-order valence-corrected chi connectivity index (χ4v) is 4.15. The molecule has 0 saturated carbocycles. The van der Waals surface area contributed by atoms with E-state index in [1.165, 1.54) is 4.31 Å². The van der Waals surface area contributed by atoms with Gasteiger partial charge in [0.05, 0.1) is 12.7 Å². The molecule has 0 bridgehead atoms. The molecule has 18 heavy (non-hydrogen) atoms. The summed E-state index contributed by atoms with van der Waals surface area (Å²) in [5.74, 6) is 0.332. The molecule has 7 heteroatoms. The summed E-state index contributed by atoms with van der Waals surface area (Å²) in [7, 11) is -3.57. The largest absolute Gasteiger partial charge is 0.375 e. The first kappa shape index (κ1) is 13.5. The van der Waals surface area contributed by atoms with E-state index in [0.29, 0.717) is 24.6 Å². The molecule has 0 N–H and O–H groups in total. The lowest BCUT2D eigenvalue weighted by atomic mass is 10.2. The maximum atomic E-state index is 12.6. The highest BCUT2D eigenvalue weighted by atomic mass is 32.2. The number of nitrogens with zero attached hydrogens (tertiary/aromatic N) is 2. The third kappa shape index (κ3) is 2.17. The molecule has 1 aliphatic rings. The molecule has 2 rings (SSSR count). The number of sulfonamides is 1. The summed E-state index contributed by atoms with van der Waals surface area (Å²) >= 11 is 0. The Morgan fingerprint density at radius 2 is 2.00 bits per heavy atom. The van der Waals surface area contributed by atoms with Gasteiger partial charge in [-0.2, -0.15) is 4.31 Å². The van der Waals surface area contributed by atoms with Crippen LogP contribution in [0.15, 0.2) is 9.42 Å². The molecular formula is C11H18N2O4S. The van der Waals surface area contributed by atoms with E-state index in [2.05, 4.69) is 5.16 Å². The van der Waals surface area contributed by atoms with Gasteiger partial charge in [0, 0.05) is 12.6 Å². The summed E-state index contributed by atoms with van der Waals surface area (Å²) in [5.41, 5.74) is 0.402. The average Bonchev–Trinajstić information content (AvgIpc) is 2.62. The summed E-state index contributed by atoms with van der Waals surface area (Å²) in [6.07, 6.45) is -0.101. The first-order chi connectivity index (χ1) is 8.34. The van der Waals surface area contributed by atoms with Crippen LogP contribution in [0.5, 0.6) is 0 Å². The van der Waals surface area contributed by atoms with Gasteiger partial charge in [-0.3, -0.25) is 0 Å². The Hall–Kier alpha value is -0.920. The molecule has 0 unspecified atom stereocenters. The van der Waals surface area contributed by atoms with Crippen LogP contribution in [0, 0.1) is 13.8 Å². The Labute approximate surface area is 107 Å². The molecular weight excluding hydrogens is 256 g/mol. The Morgan fingerprint density at radius 1 is 1.33 bits per heavy atom. The summed E-state index contributed by atoms with van der Waals surface area (Å²) in [6, 6.07) is -0.181. The zero-order valence-electron chi connectivity index (χ0n) is 11.0. The molecule has 0 aromatic carbocycles. The van der Waals surface area contributed by atoms with Gasteiger partial charge in [0.1, 0.15) is 10.6 Å². The van der Waals surface area contributed by atoms with E-state index in [1.807, 2.05) is 13.8 Å². The number of aromatic nitrogens is 1. The van der Waals surface area contributed by atoms with E-state index in [4.69, 9.17) is 9.26 Å². The number of hydrogen-bond acceptors (Lipinski definition) is 5. The van der Waals surface area contributed by atoms with E-state index in [-0.39, 0.29) is 17.0 Å². The van der Waals surface area contributed by atoms with Gasteiger partial charge in [-0.1, -0.05) is 5.16 Å². The summed E-state index contributed by atoms with van der Waals surface area (Å²) in [5, 5.41) is 3.71. The first-order valence-corrected chi connectivity index (χ1v) is 7.34. The van der Waals surface area contributed by atoms with Gasteiger partial charge in [0.2, 0.25) is 10.0 Å². The molecule has 0 amide bonds. The Balaban J connectivity index is 2.42. The quantitative estimate of drug-likeness (QED) is 0.807. The van der Waals surface area contributed by atoms with E-state index in [9.17, 15) is 8.42 Å². The molecule has 6 nitrogen and oxygen atoms in total. The fraction of sp³-hybridized carbons (Fsp3) is 0.727. The maximum Gasteiger partial charge on any atom is 0.248 e. The van der Waals surface area contributed by atoms with Crippen LogP contribution >= 0.6 is 0 Å². The van der Waals surface area contributed by atoms with Crippen LogP contribution in [-0.4, -0.2) is 43.2 Å². The fourth-order valence-electron chi connectivity index (χ4n) is 2.17. The highest BCUT2D eigenvalue weighted by Crippen LogP contribution is 2.26. The summed E-state index contributed by atoms with van der Waals surface area (Å²) in [4.78, 5) is 0.184. The molecule has 1 aromatic heterocycles. The Bertz CT molecular complexity index is 518. The van der Waals surface area contributed by atoms with Crippen molar-refractivity contribution in [3.05, 3.63) is 11.5 Å². The monoisotopic (exact) mass is 274 g/mol. The van der Waals surface area contributed by atoms with Crippen molar-refractivity contribution >= 4 is 10.0 Å². The molecule has 0 aliphatic carbocycles. The van der Waals surface area contributed by atoms with Gasteiger partial charge in [0.15, 0.2) is 5.76 Å². The van der Waals surface area contributed by atoms with Crippen molar-refractivity contribution < 1.29 is 17.7 Å². The van der Waals surface area contributed by atoms with E-state index in [0.717, 1.165) is 0 Å². The third-order valence-electron chi connectivity index (χ3n) is 3.09. The molecule has 0 spiro atoms. The van der Waals surface area contributed by atoms with Crippen molar-refractivity contribution in [1.82, 2.24) is 9.46 Å². The number of ether oxygens (including phenoxy) is 1. The van der Waals surface area contributed by atoms with E-state index < -0.39 is 10.0 Å². The molecule has 1 aliphatic heterocycles. The predicted molar refractivity (Wildman–Crippen MR) is 64.7 cm³/mol. The van der Waals surface area contributed by atoms with Crippen LogP contribution in [0.1, 0.15) is 25.3 Å². The topological polar surface area (TPSA) is 72.6 Å². The predicted octanol–water partition coefficient (Wildman–Crippen LogP) is 1.09. The molecule has 0 radical (unpaired) electrons. The molecule has 2 heterocycles. The maximum absolute atomic E-state index is 12.6. The minimum atomic E-state index is -3.57. The highest BCUT2D eigenvalue weighted by molar-refractivity contribution is 7.89. The number of hydrogen-bond donors (Lipinski definition) is 0. The molecule has 1 aromatic rings. The molecule has 1 fully saturated rings. The van der Waals surface area contributed by atoms with Gasteiger partial charge in [-0.25, -0.2) is 8.42 Å². The van der Waals surface area contributed by atoms with Crippen molar-refractivity contribution in [3.63, 3.8) is 0 Å². The van der Waals surface area contributed by atoms with Crippen LogP contribution in [0.4, 0.5) is 0 Å². The summed E-state index contributed by atoms with van der Waals surface area (Å²) < 4.78 is 37.1.